The van der Waals surface area contributed by atoms with E-state index in [1.54, 1.807) is 0 Å². The van der Waals surface area contributed by atoms with Crippen molar-refractivity contribution in [2.45, 2.75) is 18.9 Å². The normalized spacial score (nSPS) is 19.0. The van der Waals surface area contributed by atoms with E-state index in [2.05, 4.69) is 15.1 Å². The number of rotatable bonds is 2. The largest absolute Gasteiger partial charge is 0.483 e. The first-order valence-corrected chi connectivity index (χ1v) is 7.32. The van der Waals surface area contributed by atoms with Crippen LogP contribution in [0.5, 0.6) is 0 Å². The molecular formula is C11H17N5O4S. The summed E-state index contributed by atoms with van der Waals surface area (Å²) >= 11 is 1.40. The van der Waals surface area contributed by atoms with E-state index in [4.69, 9.17) is 20.4 Å². The molecule has 3 rings (SSSR count). The van der Waals surface area contributed by atoms with Crippen molar-refractivity contribution in [1.29, 1.82) is 0 Å². The van der Waals surface area contributed by atoms with Crippen molar-refractivity contribution in [2.75, 3.05) is 36.9 Å². The van der Waals surface area contributed by atoms with Crippen LogP contribution in [0.3, 0.4) is 0 Å². The molecule has 3 heterocycles. The summed E-state index contributed by atoms with van der Waals surface area (Å²) in [5, 5.41) is 16.1. The molecule has 2 aliphatic rings. The average molecular weight is 315 g/mol. The molecular weight excluding hydrogens is 298 g/mol. The van der Waals surface area contributed by atoms with Crippen LogP contribution in [-0.2, 0) is 9.53 Å². The minimum Gasteiger partial charge on any atom is -0.483 e. The molecule has 2 fully saturated rings. The summed E-state index contributed by atoms with van der Waals surface area (Å²) < 4.78 is 4.97. The fourth-order valence-electron chi connectivity index (χ4n) is 2.46. The molecule has 0 unspecified atom stereocenters. The first-order valence-electron chi connectivity index (χ1n) is 6.51. The van der Waals surface area contributed by atoms with E-state index < -0.39 is 0 Å². The summed E-state index contributed by atoms with van der Waals surface area (Å²) in [4.78, 5) is 23.9. The third-order valence-electron chi connectivity index (χ3n) is 3.40. The molecule has 0 saturated carbocycles. The van der Waals surface area contributed by atoms with Crippen LogP contribution in [0.15, 0.2) is 0 Å². The van der Waals surface area contributed by atoms with E-state index >= 15 is 0 Å². The summed E-state index contributed by atoms with van der Waals surface area (Å²) in [6, 6.07) is 0.293. The monoisotopic (exact) mass is 315 g/mol. The molecule has 3 N–H and O–H groups in total. The van der Waals surface area contributed by atoms with Gasteiger partial charge in [0.15, 0.2) is 0 Å². The number of aromatic nitrogens is 2. The number of hydrogen-bond acceptors (Lipinski definition) is 8. The maximum atomic E-state index is 11.5. The van der Waals surface area contributed by atoms with E-state index in [9.17, 15) is 4.79 Å². The summed E-state index contributed by atoms with van der Waals surface area (Å²) in [6.07, 6.45) is 1.71. The molecule has 0 bridgehead atoms. The van der Waals surface area contributed by atoms with E-state index in [0.717, 1.165) is 37.6 Å². The molecule has 1 aromatic heterocycles. The molecule has 0 radical (unpaired) electrons. The zero-order valence-corrected chi connectivity index (χ0v) is 12.2. The standard InChI is InChI=1S/C10H15N5O2S.CH2O2/c11-8-12-13-9(18-8)14-3-1-7(2-4-14)15-5-6-17-10(15)16;2-1-3/h7H,1-6H2,(H2,11,12);1H,(H,2,3). The number of carbonyl (C=O) groups excluding carboxylic acids is 1. The molecule has 2 aliphatic heterocycles. The molecule has 0 aliphatic carbocycles. The van der Waals surface area contributed by atoms with Crippen molar-refractivity contribution in [2.24, 2.45) is 0 Å². The quantitative estimate of drug-likeness (QED) is 0.744. The van der Waals surface area contributed by atoms with Crippen LogP contribution in [0.25, 0.3) is 0 Å². The lowest BCUT2D eigenvalue weighted by molar-refractivity contribution is -0.122. The van der Waals surface area contributed by atoms with Crippen molar-refractivity contribution in [1.82, 2.24) is 15.1 Å². The lowest BCUT2D eigenvalue weighted by atomic mass is 10.0. The summed E-state index contributed by atoms with van der Waals surface area (Å²) in [6.45, 7) is 2.74. The van der Waals surface area contributed by atoms with Gasteiger partial charge in [0.05, 0.1) is 6.54 Å². The molecule has 1 aromatic rings. The van der Waals surface area contributed by atoms with Crippen LogP contribution in [-0.4, -0.2) is 65.1 Å². The first kappa shape index (κ1) is 15.3. The Morgan fingerprint density at radius 2 is 2.00 bits per heavy atom. The van der Waals surface area contributed by atoms with Crippen molar-refractivity contribution in [3.63, 3.8) is 0 Å². The van der Waals surface area contributed by atoms with Crippen molar-refractivity contribution >= 4 is 34.2 Å². The highest BCUT2D eigenvalue weighted by atomic mass is 32.1. The molecule has 2 saturated heterocycles. The Kier molecular flexibility index (Phi) is 5.14. The van der Waals surface area contributed by atoms with Gasteiger partial charge in [-0.25, -0.2) is 4.79 Å². The number of ether oxygens (including phenoxy) is 1. The van der Waals surface area contributed by atoms with E-state index in [1.807, 2.05) is 4.90 Å². The van der Waals surface area contributed by atoms with Gasteiger partial charge in [-0.3, -0.25) is 4.79 Å². The fourth-order valence-corrected chi connectivity index (χ4v) is 3.12. The first-order chi connectivity index (χ1) is 10.2. The highest BCUT2D eigenvalue weighted by molar-refractivity contribution is 7.18. The fraction of sp³-hybridized carbons (Fsp3) is 0.636. The van der Waals surface area contributed by atoms with Crippen molar-refractivity contribution in [3.8, 4) is 0 Å². The van der Waals surface area contributed by atoms with Gasteiger partial charge >= 0.3 is 6.09 Å². The van der Waals surface area contributed by atoms with E-state index in [1.165, 1.54) is 11.3 Å². The Balaban J connectivity index is 0.000000497. The molecule has 10 heteroatoms. The van der Waals surface area contributed by atoms with Gasteiger partial charge in [0.2, 0.25) is 10.3 Å². The third kappa shape index (κ3) is 3.72. The maximum Gasteiger partial charge on any atom is 0.410 e. The molecule has 116 valence electrons. The SMILES string of the molecule is Nc1nnc(N2CCC(N3CCOC3=O)CC2)s1.O=CO. The topological polar surface area (TPSA) is 122 Å². The predicted molar refractivity (Wildman–Crippen MR) is 76.3 cm³/mol. The van der Waals surface area contributed by atoms with E-state index in [0.29, 0.717) is 17.8 Å². The number of nitrogens with zero attached hydrogens (tertiary/aromatic N) is 4. The van der Waals surface area contributed by atoms with Gasteiger partial charge in [0.1, 0.15) is 6.61 Å². The Hall–Kier alpha value is -2.10. The smallest absolute Gasteiger partial charge is 0.410 e. The van der Waals surface area contributed by atoms with Gasteiger partial charge in [-0.15, -0.1) is 10.2 Å². The molecule has 0 aromatic carbocycles. The van der Waals surface area contributed by atoms with Crippen LogP contribution in [0, 0.1) is 0 Å². The van der Waals surface area contributed by atoms with Crippen molar-refractivity contribution < 1.29 is 19.4 Å². The van der Waals surface area contributed by atoms with Gasteiger partial charge in [0, 0.05) is 19.1 Å². The lowest BCUT2D eigenvalue weighted by Gasteiger charge is -2.35. The highest BCUT2D eigenvalue weighted by Gasteiger charge is 2.32. The molecule has 9 nitrogen and oxygen atoms in total. The van der Waals surface area contributed by atoms with Crippen LogP contribution in [0.4, 0.5) is 15.1 Å². The molecule has 21 heavy (non-hydrogen) atoms. The number of nitrogen functional groups attached to an aromatic ring is 1. The number of carboxylic acid groups (broad SMARTS) is 1. The van der Waals surface area contributed by atoms with Gasteiger partial charge < -0.3 is 25.4 Å². The van der Waals surface area contributed by atoms with Gasteiger partial charge in [-0.2, -0.15) is 0 Å². The highest BCUT2D eigenvalue weighted by Crippen LogP contribution is 2.27. The van der Waals surface area contributed by atoms with Crippen LogP contribution in [0.2, 0.25) is 0 Å². The second-order valence-electron chi connectivity index (χ2n) is 4.55. The number of piperidine rings is 1. The predicted octanol–water partition coefficient (Wildman–Crippen LogP) is 0.242. The van der Waals surface area contributed by atoms with Crippen LogP contribution >= 0.6 is 11.3 Å². The number of anilines is 2. The van der Waals surface area contributed by atoms with Gasteiger partial charge in [0.25, 0.3) is 6.47 Å². The second-order valence-corrected chi connectivity index (χ2v) is 5.54. The number of cyclic esters (lactones) is 1. The Bertz CT molecular complexity index is 489. The zero-order valence-electron chi connectivity index (χ0n) is 11.3. The lowest BCUT2D eigenvalue weighted by Crippen LogP contribution is -2.45. The van der Waals surface area contributed by atoms with Gasteiger partial charge in [-0.1, -0.05) is 11.3 Å². The number of hydrogen-bond donors (Lipinski definition) is 2. The third-order valence-corrected chi connectivity index (χ3v) is 4.21. The summed E-state index contributed by atoms with van der Waals surface area (Å²) in [5.41, 5.74) is 5.58. The minimum atomic E-state index is -0.250. The van der Waals surface area contributed by atoms with E-state index in [-0.39, 0.29) is 12.6 Å². The zero-order chi connectivity index (χ0) is 15.2. The number of carbonyl (C=O) groups is 2. The van der Waals surface area contributed by atoms with Crippen LogP contribution < -0.4 is 10.6 Å². The van der Waals surface area contributed by atoms with Crippen molar-refractivity contribution in [3.05, 3.63) is 0 Å². The molecule has 0 spiro atoms. The number of nitrogens with two attached hydrogens (primary N) is 1. The Labute approximate surface area is 125 Å². The van der Waals surface area contributed by atoms with Crippen LogP contribution in [0.1, 0.15) is 12.8 Å². The Morgan fingerprint density at radius 1 is 1.33 bits per heavy atom. The maximum absolute atomic E-state index is 11.5. The Morgan fingerprint density at radius 3 is 2.48 bits per heavy atom. The number of amides is 1. The second kappa shape index (κ2) is 7.07. The average Bonchev–Trinajstić information content (AvgIpc) is 3.09. The minimum absolute atomic E-state index is 0.173. The van der Waals surface area contributed by atoms with Gasteiger partial charge in [-0.05, 0) is 12.8 Å². The summed E-state index contributed by atoms with van der Waals surface area (Å²) in [5.74, 6) is 0. The molecule has 0 atom stereocenters. The molecule has 1 amide bonds. The summed E-state index contributed by atoms with van der Waals surface area (Å²) in [7, 11) is 0.